The summed E-state index contributed by atoms with van der Waals surface area (Å²) in [6.45, 7) is 2.92. The van der Waals surface area contributed by atoms with Crippen molar-refractivity contribution in [2.75, 3.05) is 0 Å². The molecule has 0 saturated carbocycles. The van der Waals surface area contributed by atoms with Crippen LogP contribution in [0.1, 0.15) is 12.8 Å². The molecular formula is C20H19N5O2. The fourth-order valence-electron chi connectivity index (χ4n) is 2.89. The molecule has 0 spiro atoms. The zero-order valence-corrected chi connectivity index (χ0v) is 14.9. The molecule has 7 nitrogen and oxygen atoms in total. The van der Waals surface area contributed by atoms with Gasteiger partial charge in [0.15, 0.2) is 0 Å². The minimum Gasteiger partial charge on any atom is -0.338 e. The maximum atomic E-state index is 12.6. The van der Waals surface area contributed by atoms with E-state index >= 15 is 0 Å². The Kier molecular flexibility index (Phi) is 4.76. The van der Waals surface area contributed by atoms with Gasteiger partial charge >= 0.3 is 0 Å². The second kappa shape index (κ2) is 7.51. The van der Waals surface area contributed by atoms with E-state index in [9.17, 15) is 4.79 Å². The molecule has 0 saturated heterocycles. The molecule has 0 unspecified atom stereocenters. The predicted octanol–water partition coefficient (Wildman–Crippen LogP) is 2.62. The summed E-state index contributed by atoms with van der Waals surface area (Å²) in [5, 5.41) is 7.93. The molecule has 0 aliphatic carbocycles. The molecule has 136 valence electrons. The van der Waals surface area contributed by atoms with Crippen LogP contribution in [0.5, 0.6) is 0 Å². The number of benzene rings is 2. The molecule has 0 fully saturated rings. The van der Waals surface area contributed by atoms with Gasteiger partial charge in [-0.15, -0.1) is 0 Å². The Morgan fingerprint density at radius 1 is 1.11 bits per heavy atom. The van der Waals surface area contributed by atoms with E-state index in [1.165, 1.54) is 0 Å². The molecule has 2 aromatic carbocycles. The number of rotatable bonds is 6. The van der Waals surface area contributed by atoms with Gasteiger partial charge in [0.25, 0.3) is 5.56 Å². The zero-order chi connectivity index (χ0) is 18.6. The van der Waals surface area contributed by atoms with Crippen molar-refractivity contribution in [1.29, 1.82) is 0 Å². The molecule has 7 heteroatoms. The molecule has 2 heterocycles. The van der Waals surface area contributed by atoms with E-state index in [0.717, 1.165) is 5.56 Å². The predicted molar refractivity (Wildman–Crippen MR) is 102 cm³/mol. The van der Waals surface area contributed by atoms with Crippen LogP contribution in [0.3, 0.4) is 0 Å². The Labute approximate surface area is 155 Å². The van der Waals surface area contributed by atoms with Crippen molar-refractivity contribution in [3.63, 3.8) is 0 Å². The molecule has 27 heavy (non-hydrogen) atoms. The van der Waals surface area contributed by atoms with E-state index in [1.807, 2.05) is 55.5 Å². The van der Waals surface area contributed by atoms with Crippen LogP contribution in [0.25, 0.3) is 22.3 Å². The summed E-state index contributed by atoms with van der Waals surface area (Å²) >= 11 is 0. The van der Waals surface area contributed by atoms with Gasteiger partial charge in [-0.2, -0.15) is 4.98 Å². The van der Waals surface area contributed by atoms with E-state index in [4.69, 9.17) is 4.52 Å². The first kappa shape index (κ1) is 17.1. The van der Waals surface area contributed by atoms with Gasteiger partial charge in [0.2, 0.25) is 11.7 Å². The molecule has 0 aliphatic rings. The van der Waals surface area contributed by atoms with Gasteiger partial charge in [0.1, 0.15) is 0 Å². The second-order valence-corrected chi connectivity index (χ2v) is 6.38. The van der Waals surface area contributed by atoms with Crippen LogP contribution in [0.15, 0.2) is 70.2 Å². The molecule has 0 radical (unpaired) electrons. The van der Waals surface area contributed by atoms with Gasteiger partial charge in [-0.05, 0) is 19.1 Å². The number of hydrogen-bond donors (Lipinski definition) is 1. The van der Waals surface area contributed by atoms with E-state index in [-0.39, 0.29) is 11.6 Å². The van der Waals surface area contributed by atoms with Gasteiger partial charge in [0, 0.05) is 18.2 Å². The van der Waals surface area contributed by atoms with Crippen molar-refractivity contribution in [2.24, 2.45) is 0 Å². The minimum absolute atomic E-state index is 0.0257. The highest BCUT2D eigenvalue weighted by Crippen LogP contribution is 2.14. The summed E-state index contributed by atoms with van der Waals surface area (Å²) in [5.41, 5.74) is 1.58. The Morgan fingerprint density at radius 3 is 2.74 bits per heavy atom. The highest BCUT2D eigenvalue weighted by atomic mass is 16.5. The molecule has 4 aromatic rings. The zero-order valence-electron chi connectivity index (χ0n) is 14.9. The Bertz CT molecular complexity index is 1100. The number of hydrogen-bond acceptors (Lipinski definition) is 6. The van der Waals surface area contributed by atoms with Crippen LogP contribution in [0.4, 0.5) is 0 Å². The number of nitrogens with zero attached hydrogens (tertiary/aromatic N) is 4. The van der Waals surface area contributed by atoms with Crippen LogP contribution in [0, 0.1) is 0 Å². The number of aromatic nitrogens is 4. The van der Waals surface area contributed by atoms with Crippen LogP contribution in [0.2, 0.25) is 0 Å². The Balaban J connectivity index is 1.40. The lowest BCUT2D eigenvalue weighted by atomic mass is 10.2. The third-order valence-electron chi connectivity index (χ3n) is 4.30. The van der Waals surface area contributed by atoms with Gasteiger partial charge in [-0.1, -0.05) is 47.6 Å². The van der Waals surface area contributed by atoms with E-state index < -0.39 is 0 Å². The van der Waals surface area contributed by atoms with Crippen molar-refractivity contribution in [2.45, 2.75) is 26.1 Å². The van der Waals surface area contributed by atoms with Crippen LogP contribution >= 0.6 is 0 Å². The van der Waals surface area contributed by atoms with Crippen LogP contribution in [-0.2, 0) is 13.1 Å². The standard InChI is InChI=1S/C20H19N5O2/c1-14(12-25-13-22-17-10-6-5-9-16(17)20(25)26)21-11-18-23-19(24-27-18)15-7-3-2-4-8-15/h2-10,13-14,21H,11-12H2,1H3/t14-/m1/s1. The summed E-state index contributed by atoms with van der Waals surface area (Å²) in [6.07, 6.45) is 1.59. The minimum atomic E-state index is -0.0431. The smallest absolute Gasteiger partial charge is 0.261 e. The maximum Gasteiger partial charge on any atom is 0.261 e. The van der Waals surface area contributed by atoms with Crippen molar-refractivity contribution in [3.05, 3.63) is 77.2 Å². The summed E-state index contributed by atoms with van der Waals surface area (Å²) in [5.74, 6) is 1.07. The van der Waals surface area contributed by atoms with Crippen molar-refractivity contribution < 1.29 is 4.52 Å². The summed E-state index contributed by atoms with van der Waals surface area (Å²) < 4.78 is 6.91. The fraction of sp³-hybridized carbons (Fsp3) is 0.200. The lowest BCUT2D eigenvalue weighted by Crippen LogP contribution is -2.34. The Morgan fingerprint density at radius 2 is 1.89 bits per heavy atom. The first-order chi connectivity index (χ1) is 13.2. The molecule has 2 aromatic heterocycles. The number of fused-ring (bicyclic) bond motifs is 1. The Hall–Kier alpha value is -3.32. The summed E-state index contributed by atoms with van der Waals surface area (Å²) in [7, 11) is 0. The molecule has 0 aliphatic heterocycles. The van der Waals surface area contributed by atoms with Crippen molar-refractivity contribution in [1.82, 2.24) is 25.0 Å². The molecule has 1 N–H and O–H groups in total. The number of para-hydroxylation sites is 1. The van der Waals surface area contributed by atoms with Gasteiger partial charge in [-0.25, -0.2) is 4.98 Å². The summed E-state index contributed by atoms with van der Waals surface area (Å²) in [6, 6.07) is 17.0. The third-order valence-corrected chi connectivity index (χ3v) is 4.30. The highest BCUT2D eigenvalue weighted by molar-refractivity contribution is 5.76. The molecule has 0 amide bonds. The largest absolute Gasteiger partial charge is 0.338 e. The topological polar surface area (TPSA) is 85.8 Å². The normalized spacial score (nSPS) is 12.3. The first-order valence-corrected chi connectivity index (χ1v) is 8.76. The van der Waals surface area contributed by atoms with Gasteiger partial charge < -0.3 is 9.84 Å². The average molecular weight is 361 g/mol. The average Bonchev–Trinajstić information content (AvgIpc) is 3.19. The monoisotopic (exact) mass is 361 g/mol. The van der Waals surface area contributed by atoms with E-state index in [2.05, 4.69) is 20.4 Å². The fourth-order valence-corrected chi connectivity index (χ4v) is 2.89. The van der Waals surface area contributed by atoms with E-state index in [1.54, 1.807) is 17.0 Å². The first-order valence-electron chi connectivity index (χ1n) is 8.76. The van der Waals surface area contributed by atoms with Crippen molar-refractivity contribution in [3.8, 4) is 11.4 Å². The number of nitrogens with one attached hydrogen (secondary N) is 1. The van der Waals surface area contributed by atoms with Gasteiger partial charge in [0.05, 0.1) is 23.8 Å². The lowest BCUT2D eigenvalue weighted by Gasteiger charge is -2.14. The van der Waals surface area contributed by atoms with Crippen LogP contribution < -0.4 is 10.9 Å². The third kappa shape index (κ3) is 3.78. The second-order valence-electron chi connectivity index (χ2n) is 6.38. The van der Waals surface area contributed by atoms with Gasteiger partial charge in [-0.3, -0.25) is 9.36 Å². The van der Waals surface area contributed by atoms with Crippen LogP contribution in [-0.4, -0.2) is 25.7 Å². The summed E-state index contributed by atoms with van der Waals surface area (Å²) in [4.78, 5) is 21.3. The van der Waals surface area contributed by atoms with Crippen molar-refractivity contribution >= 4 is 10.9 Å². The molecular weight excluding hydrogens is 342 g/mol. The highest BCUT2D eigenvalue weighted by Gasteiger charge is 2.11. The molecule has 0 bridgehead atoms. The quantitative estimate of drug-likeness (QED) is 0.568. The van der Waals surface area contributed by atoms with E-state index in [0.29, 0.717) is 35.7 Å². The maximum absolute atomic E-state index is 12.6. The SMILES string of the molecule is C[C@H](Cn1cnc2ccccc2c1=O)NCc1nc(-c2ccccc2)no1. The molecule has 1 atom stereocenters. The molecule has 4 rings (SSSR count). The lowest BCUT2D eigenvalue weighted by molar-refractivity contribution is 0.352.